The maximum absolute atomic E-state index is 6.19. The number of rotatable bonds is 4. The van der Waals surface area contributed by atoms with Crippen molar-refractivity contribution in [2.45, 2.75) is 19.9 Å². The molecule has 0 saturated carbocycles. The van der Waals surface area contributed by atoms with Crippen molar-refractivity contribution in [2.24, 2.45) is 5.92 Å². The van der Waals surface area contributed by atoms with Gasteiger partial charge >= 0.3 is 7.32 Å². The highest BCUT2D eigenvalue weighted by Gasteiger charge is 2.37. The summed E-state index contributed by atoms with van der Waals surface area (Å²) in [5.74, 6) is 3.01. The summed E-state index contributed by atoms with van der Waals surface area (Å²) < 4.78 is 18.4. The second kappa shape index (κ2) is 7.93. The van der Waals surface area contributed by atoms with E-state index < -0.39 is 16.1 Å². The van der Waals surface area contributed by atoms with Gasteiger partial charge in [-0.05, 0) is 46.6 Å². The highest BCUT2D eigenvalue weighted by atomic mass is 28.3. The van der Waals surface area contributed by atoms with Gasteiger partial charge in [0.1, 0.15) is 26.0 Å². The Bertz CT molecular complexity index is 851. The molecule has 0 unspecified atom stereocenters. The lowest BCUT2D eigenvalue weighted by atomic mass is 10.2. The molecule has 0 bridgehead atoms. The molecular weight excluding hydrogens is 351 g/mol. The zero-order chi connectivity index (χ0) is 18.6. The molecule has 1 radical (unpaired) electrons. The van der Waals surface area contributed by atoms with Crippen LogP contribution in [-0.4, -0.2) is 16.1 Å². The van der Waals surface area contributed by atoms with E-state index in [4.69, 9.17) is 14.0 Å². The van der Waals surface area contributed by atoms with Crippen molar-refractivity contribution in [1.82, 2.24) is 0 Å². The molecule has 0 N–H and O–H groups in total. The Morgan fingerprint density at radius 3 is 1.85 bits per heavy atom. The average Bonchev–Trinajstić information content (AvgIpc) is 2.67. The quantitative estimate of drug-likeness (QED) is 0.652. The van der Waals surface area contributed by atoms with Gasteiger partial charge in [0.15, 0.2) is 0 Å². The summed E-state index contributed by atoms with van der Waals surface area (Å²) in [6, 6.07) is 27.3. The maximum atomic E-state index is 6.19. The number of hydrogen-bond donors (Lipinski definition) is 0. The molecule has 135 valence electrons. The standard InChI is InChI=1S/C22H22BO3Si/c1-17(2)16-27-21-14-8-6-12-19(21)25-23(24-18-10-4-3-5-11-18)26-20-13-7-9-15-22(20)27/h3-15,17H,16H2,1-2H3. The number of para-hydroxylation sites is 3. The summed E-state index contributed by atoms with van der Waals surface area (Å²) in [5.41, 5.74) is 0. The molecule has 1 heterocycles. The second-order valence-corrected chi connectivity index (χ2v) is 9.47. The van der Waals surface area contributed by atoms with Gasteiger partial charge in [-0.15, -0.1) is 0 Å². The van der Waals surface area contributed by atoms with Crippen molar-refractivity contribution in [3.8, 4) is 17.2 Å². The third-order valence-electron chi connectivity index (χ3n) is 4.46. The summed E-state index contributed by atoms with van der Waals surface area (Å²) in [6.45, 7) is 4.54. The fourth-order valence-electron chi connectivity index (χ4n) is 3.30. The van der Waals surface area contributed by atoms with Gasteiger partial charge in [-0.2, -0.15) is 0 Å². The molecule has 1 aliphatic heterocycles. The van der Waals surface area contributed by atoms with Crippen LogP contribution in [0.2, 0.25) is 6.04 Å². The number of hydrogen-bond acceptors (Lipinski definition) is 3. The monoisotopic (exact) mass is 373 g/mol. The fourth-order valence-corrected chi connectivity index (χ4v) is 6.32. The van der Waals surface area contributed by atoms with E-state index in [2.05, 4.69) is 38.1 Å². The van der Waals surface area contributed by atoms with E-state index >= 15 is 0 Å². The van der Waals surface area contributed by atoms with Crippen LogP contribution in [0.3, 0.4) is 0 Å². The molecular formula is C22H22BO3Si. The van der Waals surface area contributed by atoms with Crippen molar-refractivity contribution >= 4 is 26.5 Å². The lowest BCUT2D eigenvalue weighted by molar-refractivity contribution is 0.308. The van der Waals surface area contributed by atoms with Gasteiger partial charge in [0.25, 0.3) is 0 Å². The van der Waals surface area contributed by atoms with Gasteiger partial charge in [0.2, 0.25) is 0 Å². The van der Waals surface area contributed by atoms with Gasteiger partial charge in [-0.1, -0.05) is 68.4 Å². The Labute approximate surface area is 162 Å². The number of fused-ring (bicyclic) bond motifs is 2. The van der Waals surface area contributed by atoms with Crippen LogP contribution in [0.15, 0.2) is 78.9 Å². The van der Waals surface area contributed by atoms with Crippen LogP contribution in [-0.2, 0) is 0 Å². The third-order valence-corrected chi connectivity index (χ3v) is 7.81. The van der Waals surface area contributed by atoms with Crippen molar-refractivity contribution in [1.29, 1.82) is 0 Å². The predicted molar refractivity (Wildman–Crippen MR) is 112 cm³/mol. The minimum absolute atomic E-state index is 0.593. The molecule has 3 aromatic rings. The van der Waals surface area contributed by atoms with Crippen molar-refractivity contribution in [2.75, 3.05) is 0 Å². The molecule has 27 heavy (non-hydrogen) atoms. The molecule has 0 saturated heterocycles. The first-order chi connectivity index (χ1) is 13.2. The van der Waals surface area contributed by atoms with E-state index in [0.29, 0.717) is 11.7 Å². The zero-order valence-corrected chi connectivity index (χ0v) is 16.6. The van der Waals surface area contributed by atoms with Gasteiger partial charge in [-0.25, -0.2) is 0 Å². The molecule has 0 aromatic heterocycles. The Hall–Kier alpha value is -2.66. The fraction of sp³-hybridized carbons (Fsp3) is 0.182. The Kier molecular flexibility index (Phi) is 5.21. The van der Waals surface area contributed by atoms with Crippen LogP contribution >= 0.6 is 0 Å². The van der Waals surface area contributed by atoms with E-state index in [-0.39, 0.29) is 0 Å². The first-order valence-electron chi connectivity index (χ1n) is 9.30. The molecule has 0 amide bonds. The molecule has 0 atom stereocenters. The largest absolute Gasteiger partial charge is 0.864 e. The Morgan fingerprint density at radius 2 is 1.30 bits per heavy atom. The van der Waals surface area contributed by atoms with Crippen LogP contribution < -0.4 is 24.3 Å². The van der Waals surface area contributed by atoms with E-state index in [1.54, 1.807) is 0 Å². The molecule has 0 spiro atoms. The molecule has 0 aliphatic carbocycles. The lowest BCUT2D eigenvalue weighted by Crippen LogP contribution is -2.50. The summed E-state index contributed by atoms with van der Waals surface area (Å²) >= 11 is 0. The minimum Gasteiger partial charge on any atom is -0.490 e. The van der Waals surface area contributed by atoms with E-state index in [0.717, 1.165) is 17.5 Å². The van der Waals surface area contributed by atoms with Gasteiger partial charge in [0, 0.05) is 0 Å². The van der Waals surface area contributed by atoms with Gasteiger partial charge in [0.05, 0.1) is 0 Å². The highest BCUT2D eigenvalue weighted by molar-refractivity contribution is 6.86. The summed E-state index contributed by atoms with van der Waals surface area (Å²) in [5, 5.41) is 2.54. The van der Waals surface area contributed by atoms with Crippen molar-refractivity contribution in [3.05, 3.63) is 78.9 Å². The molecule has 0 fully saturated rings. The molecule has 1 aliphatic rings. The van der Waals surface area contributed by atoms with Crippen LogP contribution in [0.5, 0.6) is 17.2 Å². The first-order valence-corrected chi connectivity index (χ1v) is 11.0. The highest BCUT2D eigenvalue weighted by Crippen LogP contribution is 2.22. The minimum atomic E-state index is -1.02. The summed E-state index contributed by atoms with van der Waals surface area (Å²) in [4.78, 5) is 0. The van der Waals surface area contributed by atoms with Crippen LogP contribution in [0.25, 0.3) is 0 Å². The Balaban J connectivity index is 1.76. The summed E-state index contributed by atoms with van der Waals surface area (Å²) in [6.07, 6.45) is 0. The smallest absolute Gasteiger partial charge is 0.490 e. The van der Waals surface area contributed by atoms with Crippen LogP contribution in [0.1, 0.15) is 13.8 Å². The topological polar surface area (TPSA) is 27.7 Å². The van der Waals surface area contributed by atoms with Crippen LogP contribution in [0, 0.1) is 5.92 Å². The first kappa shape index (κ1) is 17.7. The van der Waals surface area contributed by atoms with Crippen molar-refractivity contribution in [3.63, 3.8) is 0 Å². The van der Waals surface area contributed by atoms with E-state index in [1.165, 1.54) is 10.4 Å². The third kappa shape index (κ3) is 4.03. The Morgan fingerprint density at radius 1 is 0.778 bits per heavy atom. The molecule has 3 aromatic carbocycles. The maximum Gasteiger partial charge on any atom is 0.864 e. The lowest BCUT2D eigenvalue weighted by Gasteiger charge is -2.28. The normalized spacial score (nSPS) is 13.7. The van der Waals surface area contributed by atoms with E-state index in [1.807, 2.05) is 54.6 Å². The molecule has 3 nitrogen and oxygen atoms in total. The second-order valence-electron chi connectivity index (χ2n) is 7.02. The average molecular weight is 373 g/mol. The summed E-state index contributed by atoms with van der Waals surface area (Å²) in [7, 11) is -1.86. The predicted octanol–water partition coefficient (Wildman–Crippen LogP) is 3.79. The van der Waals surface area contributed by atoms with Gasteiger partial charge in [-0.3, -0.25) is 0 Å². The SMILES string of the molecule is CC(C)C[Si]1c2ccccc2OB(Oc2ccccc2)Oc2ccccc21. The van der Waals surface area contributed by atoms with Crippen molar-refractivity contribution < 1.29 is 14.0 Å². The zero-order valence-electron chi connectivity index (χ0n) is 15.6. The van der Waals surface area contributed by atoms with E-state index in [9.17, 15) is 0 Å². The van der Waals surface area contributed by atoms with Crippen LogP contribution in [0.4, 0.5) is 0 Å². The molecule has 4 rings (SSSR count). The van der Waals surface area contributed by atoms with Gasteiger partial charge < -0.3 is 14.0 Å². The number of benzene rings is 3. The molecule has 5 heteroatoms.